The van der Waals surface area contributed by atoms with E-state index in [2.05, 4.69) is 29.6 Å². The normalized spacial score (nSPS) is 15.1. The zero-order valence-electron chi connectivity index (χ0n) is 9.45. The smallest absolute Gasteiger partial charge is 0.0592 e. The van der Waals surface area contributed by atoms with Gasteiger partial charge in [0.1, 0.15) is 0 Å². The summed E-state index contributed by atoms with van der Waals surface area (Å²) in [7, 11) is 0. The molecule has 1 aromatic carbocycles. The Balaban J connectivity index is 1.89. The van der Waals surface area contributed by atoms with E-state index in [0.717, 1.165) is 17.6 Å². The fourth-order valence-corrected chi connectivity index (χ4v) is 3.14. The zero-order chi connectivity index (χ0) is 11.7. The van der Waals surface area contributed by atoms with Gasteiger partial charge < -0.3 is 5.32 Å². The van der Waals surface area contributed by atoms with Gasteiger partial charge >= 0.3 is 0 Å². The molecule has 0 atom stereocenters. The molecule has 0 bridgehead atoms. The third-order valence-corrected chi connectivity index (χ3v) is 4.41. The maximum atomic E-state index is 6.21. The highest BCUT2D eigenvalue weighted by Crippen LogP contribution is 2.35. The molecular weight excluding hydrogens is 250 g/mol. The van der Waals surface area contributed by atoms with Crippen LogP contribution < -0.4 is 5.32 Å². The van der Waals surface area contributed by atoms with E-state index in [9.17, 15) is 0 Å². The lowest BCUT2D eigenvalue weighted by atomic mass is 10.1. The highest BCUT2D eigenvalue weighted by atomic mass is 35.5. The zero-order valence-corrected chi connectivity index (χ0v) is 11.0. The summed E-state index contributed by atoms with van der Waals surface area (Å²) >= 11 is 7.92. The molecule has 0 aliphatic heterocycles. The first kappa shape index (κ1) is 11.3. The van der Waals surface area contributed by atoms with E-state index >= 15 is 0 Å². The predicted molar refractivity (Wildman–Crippen MR) is 74.6 cm³/mol. The quantitative estimate of drug-likeness (QED) is 0.866. The second-order valence-electron chi connectivity index (χ2n) is 4.41. The van der Waals surface area contributed by atoms with Gasteiger partial charge in [0.05, 0.1) is 9.90 Å². The van der Waals surface area contributed by atoms with Crippen LogP contribution in [0.25, 0.3) is 10.4 Å². The van der Waals surface area contributed by atoms with Crippen LogP contribution in [0.4, 0.5) is 0 Å². The number of halogens is 1. The van der Waals surface area contributed by atoms with Gasteiger partial charge in [0.15, 0.2) is 0 Å². The molecule has 1 heterocycles. The first-order chi connectivity index (χ1) is 8.34. The Hall–Kier alpha value is -0.830. The molecule has 17 heavy (non-hydrogen) atoms. The van der Waals surface area contributed by atoms with Crippen molar-refractivity contribution in [3.63, 3.8) is 0 Å². The van der Waals surface area contributed by atoms with Gasteiger partial charge in [-0.3, -0.25) is 0 Å². The van der Waals surface area contributed by atoms with E-state index in [1.165, 1.54) is 28.8 Å². The van der Waals surface area contributed by atoms with Gasteiger partial charge in [-0.25, -0.2) is 0 Å². The molecule has 1 aliphatic carbocycles. The lowest BCUT2D eigenvalue weighted by molar-refractivity contribution is 0.689. The molecule has 0 spiro atoms. The minimum absolute atomic E-state index is 0.738. The van der Waals surface area contributed by atoms with Crippen LogP contribution in [0.15, 0.2) is 35.7 Å². The molecule has 1 fully saturated rings. The van der Waals surface area contributed by atoms with Crippen LogP contribution in [0.5, 0.6) is 0 Å². The Kier molecular flexibility index (Phi) is 3.19. The largest absolute Gasteiger partial charge is 0.310 e. The van der Waals surface area contributed by atoms with Crippen LogP contribution in [-0.4, -0.2) is 6.04 Å². The standard InChI is InChI=1S/C14H14ClNS/c15-13-7-8-17-14(13)12-4-2-1-3-10(12)9-16-11-5-6-11/h1-4,7-8,11,16H,5-6,9H2. The van der Waals surface area contributed by atoms with Crippen molar-refractivity contribution in [1.29, 1.82) is 0 Å². The van der Waals surface area contributed by atoms with Gasteiger partial charge in [-0.05, 0) is 35.4 Å². The van der Waals surface area contributed by atoms with Crippen molar-refractivity contribution in [2.45, 2.75) is 25.4 Å². The number of hydrogen-bond donors (Lipinski definition) is 1. The molecule has 88 valence electrons. The van der Waals surface area contributed by atoms with Crippen molar-refractivity contribution in [1.82, 2.24) is 5.32 Å². The van der Waals surface area contributed by atoms with Crippen molar-refractivity contribution in [2.75, 3.05) is 0 Å². The lowest BCUT2D eigenvalue weighted by Gasteiger charge is -2.09. The summed E-state index contributed by atoms with van der Waals surface area (Å²) in [6.07, 6.45) is 2.64. The minimum atomic E-state index is 0.738. The summed E-state index contributed by atoms with van der Waals surface area (Å²) in [6.45, 7) is 0.940. The maximum absolute atomic E-state index is 6.21. The SMILES string of the molecule is Clc1ccsc1-c1ccccc1CNC1CC1. The summed E-state index contributed by atoms with van der Waals surface area (Å²) in [5.74, 6) is 0. The van der Waals surface area contributed by atoms with Gasteiger partial charge in [-0.1, -0.05) is 35.9 Å². The number of benzene rings is 1. The van der Waals surface area contributed by atoms with Crippen molar-refractivity contribution in [3.05, 3.63) is 46.3 Å². The molecule has 1 aromatic heterocycles. The Morgan fingerprint density at radius 2 is 2.06 bits per heavy atom. The highest BCUT2D eigenvalue weighted by molar-refractivity contribution is 7.14. The van der Waals surface area contributed by atoms with Crippen LogP contribution in [0.3, 0.4) is 0 Å². The molecule has 3 rings (SSSR count). The van der Waals surface area contributed by atoms with Gasteiger partial charge in [-0.15, -0.1) is 11.3 Å². The fourth-order valence-electron chi connectivity index (χ4n) is 1.92. The Bertz CT molecular complexity index is 516. The molecule has 0 radical (unpaired) electrons. The van der Waals surface area contributed by atoms with Gasteiger partial charge in [0, 0.05) is 12.6 Å². The average Bonchev–Trinajstić information content (AvgIpc) is 3.09. The lowest BCUT2D eigenvalue weighted by Crippen LogP contribution is -2.15. The molecule has 2 aromatic rings. The molecule has 3 heteroatoms. The van der Waals surface area contributed by atoms with E-state index in [4.69, 9.17) is 11.6 Å². The van der Waals surface area contributed by atoms with Crippen molar-refractivity contribution in [2.24, 2.45) is 0 Å². The Morgan fingerprint density at radius 1 is 1.24 bits per heavy atom. The van der Waals surface area contributed by atoms with Crippen LogP contribution in [0, 0.1) is 0 Å². The molecule has 1 saturated carbocycles. The van der Waals surface area contributed by atoms with Gasteiger partial charge in [0.25, 0.3) is 0 Å². The summed E-state index contributed by atoms with van der Waals surface area (Å²) in [5, 5.41) is 6.46. The van der Waals surface area contributed by atoms with E-state index in [-0.39, 0.29) is 0 Å². The Labute approximate surface area is 110 Å². The van der Waals surface area contributed by atoms with E-state index in [1.54, 1.807) is 11.3 Å². The summed E-state index contributed by atoms with van der Waals surface area (Å²) < 4.78 is 0. The highest BCUT2D eigenvalue weighted by Gasteiger charge is 2.20. The third-order valence-electron chi connectivity index (χ3n) is 3.04. The topological polar surface area (TPSA) is 12.0 Å². The minimum Gasteiger partial charge on any atom is -0.310 e. The maximum Gasteiger partial charge on any atom is 0.0592 e. The third kappa shape index (κ3) is 2.54. The second-order valence-corrected chi connectivity index (χ2v) is 5.73. The van der Waals surface area contributed by atoms with Crippen molar-refractivity contribution < 1.29 is 0 Å². The van der Waals surface area contributed by atoms with Crippen LogP contribution in [0.2, 0.25) is 5.02 Å². The van der Waals surface area contributed by atoms with Crippen LogP contribution in [-0.2, 0) is 6.54 Å². The summed E-state index contributed by atoms with van der Waals surface area (Å²) in [4.78, 5) is 1.18. The summed E-state index contributed by atoms with van der Waals surface area (Å²) in [6, 6.07) is 11.2. The van der Waals surface area contributed by atoms with Crippen LogP contribution in [0.1, 0.15) is 18.4 Å². The predicted octanol–water partition coefficient (Wildman–Crippen LogP) is 4.32. The van der Waals surface area contributed by atoms with E-state index < -0.39 is 0 Å². The molecule has 1 N–H and O–H groups in total. The molecule has 0 saturated heterocycles. The van der Waals surface area contributed by atoms with Crippen molar-refractivity contribution in [3.8, 4) is 10.4 Å². The molecule has 0 amide bonds. The monoisotopic (exact) mass is 263 g/mol. The number of thiophene rings is 1. The molecule has 1 nitrogen and oxygen atoms in total. The summed E-state index contributed by atoms with van der Waals surface area (Å²) in [5.41, 5.74) is 2.60. The molecular formula is C14H14ClNS. The van der Waals surface area contributed by atoms with E-state index in [0.29, 0.717) is 0 Å². The van der Waals surface area contributed by atoms with Crippen molar-refractivity contribution >= 4 is 22.9 Å². The molecule has 1 aliphatic rings. The fraction of sp³-hybridized carbons (Fsp3) is 0.286. The average molecular weight is 264 g/mol. The van der Waals surface area contributed by atoms with Gasteiger partial charge in [0.2, 0.25) is 0 Å². The number of hydrogen-bond acceptors (Lipinski definition) is 2. The first-order valence-corrected chi connectivity index (χ1v) is 7.15. The number of rotatable bonds is 4. The van der Waals surface area contributed by atoms with E-state index in [1.807, 2.05) is 11.4 Å². The Morgan fingerprint density at radius 3 is 2.76 bits per heavy atom. The molecule has 0 unspecified atom stereocenters. The van der Waals surface area contributed by atoms with Crippen LogP contribution >= 0.6 is 22.9 Å². The first-order valence-electron chi connectivity index (χ1n) is 5.89. The number of nitrogens with one attached hydrogen (secondary N) is 1. The second kappa shape index (κ2) is 4.81. The van der Waals surface area contributed by atoms with Gasteiger partial charge in [-0.2, -0.15) is 0 Å².